The number of halogens is 1. The molecule has 1 saturated carbocycles. The van der Waals surface area contributed by atoms with Crippen LogP contribution in [0.5, 0.6) is 5.75 Å². The van der Waals surface area contributed by atoms with Gasteiger partial charge in [0.15, 0.2) is 14.7 Å². The zero-order valence-corrected chi connectivity index (χ0v) is 21.3. The SMILES string of the molecule is CC(Br)C(=O)OC(Oc1ccc([S+](c2ccccc2)c2ccccc2)cc1)C1CCCCC1. The molecular formula is C28H30BrO3S+. The summed E-state index contributed by atoms with van der Waals surface area (Å²) in [7, 11) is -0.202. The second-order valence-electron chi connectivity index (χ2n) is 8.34. The zero-order chi connectivity index (χ0) is 23.0. The summed E-state index contributed by atoms with van der Waals surface area (Å²) in [6.45, 7) is 1.78. The molecule has 1 aliphatic carbocycles. The summed E-state index contributed by atoms with van der Waals surface area (Å²) in [5.41, 5.74) is 0. The lowest BCUT2D eigenvalue weighted by Gasteiger charge is -2.30. The molecule has 3 aromatic carbocycles. The van der Waals surface area contributed by atoms with Crippen LogP contribution < -0.4 is 4.74 Å². The Morgan fingerprint density at radius 3 is 1.85 bits per heavy atom. The van der Waals surface area contributed by atoms with Crippen LogP contribution in [0, 0.1) is 5.92 Å². The van der Waals surface area contributed by atoms with Crippen LogP contribution in [0.2, 0.25) is 0 Å². The molecule has 0 saturated heterocycles. The summed E-state index contributed by atoms with van der Waals surface area (Å²) in [4.78, 5) is 15.7. The third kappa shape index (κ3) is 6.42. The maximum Gasteiger partial charge on any atom is 0.322 e. The standard InChI is InChI=1S/C28H30BrO3S/c1-21(29)27(30)32-28(22-11-5-2-6-12-22)31-23-17-19-26(20-18-23)33(24-13-7-3-8-14-24)25-15-9-4-10-16-25/h3-4,7-10,13-22,28H,2,5-6,11-12H2,1H3/q+1. The van der Waals surface area contributed by atoms with Crippen LogP contribution in [0.25, 0.3) is 0 Å². The first-order valence-electron chi connectivity index (χ1n) is 11.6. The summed E-state index contributed by atoms with van der Waals surface area (Å²) in [6.07, 6.45) is 5.05. The van der Waals surface area contributed by atoms with E-state index in [0.717, 1.165) is 31.4 Å². The molecular weight excluding hydrogens is 496 g/mol. The van der Waals surface area contributed by atoms with Gasteiger partial charge in [-0.1, -0.05) is 71.6 Å². The van der Waals surface area contributed by atoms with Gasteiger partial charge < -0.3 is 9.47 Å². The molecule has 4 rings (SSSR count). The summed E-state index contributed by atoms with van der Waals surface area (Å²) in [5.74, 6) is 0.683. The molecule has 0 aliphatic heterocycles. The molecule has 2 unspecified atom stereocenters. The number of carbonyl (C=O) groups is 1. The summed E-state index contributed by atoms with van der Waals surface area (Å²) in [6, 6.07) is 29.4. The summed E-state index contributed by atoms with van der Waals surface area (Å²) in [5, 5.41) is 0. The van der Waals surface area contributed by atoms with Gasteiger partial charge in [0.1, 0.15) is 10.6 Å². The molecule has 0 spiro atoms. The lowest BCUT2D eigenvalue weighted by molar-refractivity contribution is -0.172. The van der Waals surface area contributed by atoms with Gasteiger partial charge in [-0.25, -0.2) is 0 Å². The van der Waals surface area contributed by atoms with E-state index >= 15 is 0 Å². The maximum atomic E-state index is 12.3. The Morgan fingerprint density at radius 1 is 0.818 bits per heavy atom. The molecule has 0 N–H and O–H groups in total. The second-order valence-corrected chi connectivity index (χ2v) is 11.7. The van der Waals surface area contributed by atoms with Crippen molar-refractivity contribution in [3.63, 3.8) is 0 Å². The Bertz CT molecular complexity index is 963. The number of esters is 1. The second kappa shape index (κ2) is 11.8. The Labute approximate surface area is 208 Å². The number of benzene rings is 3. The highest BCUT2D eigenvalue weighted by atomic mass is 79.9. The van der Waals surface area contributed by atoms with Crippen molar-refractivity contribution >= 4 is 32.8 Å². The van der Waals surface area contributed by atoms with Crippen LogP contribution in [-0.2, 0) is 20.4 Å². The molecule has 0 aromatic heterocycles. The fourth-order valence-electron chi connectivity index (χ4n) is 4.14. The third-order valence-electron chi connectivity index (χ3n) is 5.86. The molecule has 5 heteroatoms. The fraction of sp³-hybridized carbons (Fsp3) is 0.321. The van der Waals surface area contributed by atoms with Gasteiger partial charge in [-0.2, -0.15) is 0 Å². The first-order chi connectivity index (χ1) is 16.1. The largest absolute Gasteiger partial charge is 0.454 e. The highest BCUT2D eigenvalue weighted by Crippen LogP contribution is 2.34. The van der Waals surface area contributed by atoms with Crippen LogP contribution in [0.1, 0.15) is 39.0 Å². The summed E-state index contributed by atoms with van der Waals surface area (Å²) < 4.78 is 12.0. The molecule has 0 amide bonds. The van der Waals surface area contributed by atoms with E-state index in [9.17, 15) is 4.79 Å². The van der Waals surface area contributed by atoms with Gasteiger partial charge in [0.2, 0.25) is 6.29 Å². The van der Waals surface area contributed by atoms with E-state index < -0.39 is 6.29 Å². The van der Waals surface area contributed by atoms with Gasteiger partial charge >= 0.3 is 5.97 Å². The van der Waals surface area contributed by atoms with Crippen molar-refractivity contribution in [2.24, 2.45) is 5.92 Å². The molecule has 0 heterocycles. The zero-order valence-electron chi connectivity index (χ0n) is 18.9. The number of alkyl halides is 1. The van der Waals surface area contributed by atoms with Gasteiger partial charge in [0, 0.05) is 5.92 Å². The number of hydrogen-bond donors (Lipinski definition) is 0. The number of carbonyl (C=O) groups excluding carboxylic acids is 1. The minimum atomic E-state index is -0.551. The van der Waals surface area contributed by atoms with E-state index in [0.29, 0.717) is 0 Å². The molecule has 2 atom stereocenters. The Morgan fingerprint density at radius 2 is 1.33 bits per heavy atom. The van der Waals surface area contributed by atoms with Crippen molar-refractivity contribution in [1.82, 2.24) is 0 Å². The van der Waals surface area contributed by atoms with Gasteiger partial charge in [-0.15, -0.1) is 0 Å². The van der Waals surface area contributed by atoms with Crippen molar-refractivity contribution in [3.8, 4) is 5.75 Å². The maximum absolute atomic E-state index is 12.3. The Kier molecular flexibility index (Phi) is 8.51. The van der Waals surface area contributed by atoms with E-state index in [1.165, 1.54) is 21.1 Å². The highest BCUT2D eigenvalue weighted by Gasteiger charge is 2.31. The predicted octanol–water partition coefficient (Wildman–Crippen LogP) is 7.39. The molecule has 3 nitrogen and oxygen atoms in total. The van der Waals surface area contributed by atoms with Crippen LogP contribution in [0.3, 0.4) is 0 Å². The molecule has 1 aliphatic rings. The minimum absolute atomic E-state index is 0.202. The van der Waals surface area contributed by atoms with Crippen molar-refractivity contribution in [2.45, 2.75) is 64.8 Å². The van der Waals surface area contributed by atoms with Crippen LogP contribution in [-0.4, -0.2) is 17.1 Å². The van der Waals surface area contributed by atoms with E-state index in [2.05, 4.69) is 76.6 Å². The third-order valence-corrected chi connectivity index (χ3v) is 8.47. The van der Waals surface area contributed by atoms with Gasteiger partial charge in [-0.3, -0.25) is 4.79 Å². The molecule has 33 heavy (non-hydrogen) atoms. The molecule has 0 radical (unpaired) electrons. The average Bonchev–Trinajstić information content (AvgIpc) is 2.86. The van der Waals surface area contributed by atoms with E-state index in [-0.39, 0.29) is 27.6 Å². The average molecular weight is 527 g/mol. The Hall–Kier alpha value is -2.24. The van der Waals surface area contributed by atoms with E-state index in [1.807, 2.05) is 24.3 Å². The monoisotopic (exact) mass is 525 g/mol. The highest BCUT2D eigenvalue weighted by molar-refractivity contribution is 9.10. The van der Waals surface area contributed by atoms with Crippen molar-refractivity contribution in [2.75, 3.05) is 0 Å². The van der Waals surface area contributed by atoms with Gasteiger partial charge in [-0.05, 0) is 68.3 Å². The van der Waals surface area contributed by atoms with Gasteiger partial charge in [0.05, 0.1) is 10.9 Å². The van der Waals surface area contributed by atoms with E-state index in [1.54, 1.807) is 6.92 Å². The molecule has 3 aromatic rings. The minimum Gasteiger partial charge on any atom is -0.454 e. The lowest BCUT2D eigenvalue weighted by Crippen LogP contribution is -2.35. The topological polar surface area (TPSA) is 35.5 Å². The summed E-state index contributed by atoms with van der Waals surface area (Å²) >= 11 is 3.32. The Balaban J connectivity index is 1.56. The number of rotatable bonds is 8. The van der Waals surface area contributed by atoms with Crippen LogP contribution in [0.4, 0.5) is 0 Å². The van der Waals surface area contributed by atoms with Crippen molar-refractivity contribution in [3.05, 3.63) is 84.9 Å². The smallest absolute Gasteiger partial charge is 0.322 e. The molecule has 172 valence electrons. The fourth-order valence-corrected chi connectivity index (χ4v) is 6.33. The van der Waals surface area contributed by atoms with Crippen LogP contribution in [0.15, 0.2) is 99.6 Å². The quantitative estimate of drug-likeness (QED) is 0.133. The lowest BCUT2D eigenvalue weighted by atomic mass is 9.89. The molecule has 0 bridgehead atoms. The van der Waals surface area contributed by atoms with Crippen molar-refractivity contribution < 1.29 is 14.3 Å². The van der Waals surface area contributed by atoms with Crippen molar-refractivity contribution in [1.29, 1.82) is 0 Å². The molecule has 1 fully saturated rings. The first-order valence-corrected chi connectivity index (χ1v) is 13.7. The van der Waals surface area contributed by atoms with E-state index in [4.69, 9.17) is 9.47 Å². The number of hydrogen-bond acceptors (Lipinski definition) is 3. The normalized spacial score (nSPS) is 16.2. The predicted molar refractivity (Wildman–Crippen MR) is 137 cm³/mol. The van der Waals surface area contributed by atoms with Crippen LogP contribution >= 0.6 is 15.9 Å². The first kappa shape index (κ1) is 23.9. The van der Waals surface area contributed by atoms with Gasteiger partial charge in [0.25, 0.3) is 0 Å². The number of ether oxygens (including phenoxy) is 2.